The normalized spacial score (nSPS) is 10.2. The van der Waals surface area contributed by atoms with E-state index in [1.807, 2.05) is 18.3 Å². The number of hydrogen-bond acceptors (Lipinski definition) is 2. The molecule has 0 amide bonds. The van der Waals surface area contributed by atoms with Gasteiger partial charge in [0.1, 0.15) is 6.33 Å². The van der Waals surface area contributed by atoms with Crippen LogP contribution in [0.25, 0.3) is 11.7 Å². The van der Waals surface area contributed by atoms with Gasteiger partial charge < -0.3 is 0 Å². The van der Waals surface area contributed by atoms with Gasteiger partial charge in [-0.3, -0.25) is 0 Å². The number of fused-ring (bicyclic) bond motifs is 1. The topological polar surface area (TPSA) is 30.2 Å². The van der Waals surface area contributed by atoms with E-state index in [0.717, 1.165) is 11.2 Å². The fourth-order valence-electron chi connectivity index (χ4n) is 0.954. The monoisotopic (exact) mass is 145 g/mol. The summed E-state index contributed by atoms with van der Waals surface area (Å²) in [6.45, 7) is 3.66. The molecule has 0 aliphatic carbocycles. The van der Waals surface area contributed by atoms with Crippen LogP contribution in [0.5, 0.6) is 0 Å². The largest absolute Gasteiger partial charge is 0.221 e. The third kappa shape index (κ3) is 0.902. The average molecular weight is 145 g/mol. The van der Waals surface area contributed by atoms with Crippen LogP contribution in [0.2, 0.25) is 0 Å². The van der Waals surface area contributed by atoms with Crippen LogP contribution in [-0.4, -0.2) is 14.6 Å². The molecule has 0 bridgehead atoms. The van der Waals surface area contributed by atoms with E-state index >= 15 is 0 Å². The molecule has 0 saturated heterocycles. The van der Waals surface area contributed by atoms with Crippen molar-refractivity contribution in [1.82, 2.24) is 14.6 Å². The van der Waals surface area contributed by atoms with Gasteiger partial charge in [-0.2, -0.15) is 5.10 Å². The van der Waals surface area contributed by atoms with E-state index in [1.54, 1.807) is 10.6 Å². The Morgan fingerprint density at radius 3 is 3.18 bits per heavy atom. The van der Waals surface area contributed by atoms with Crippen molar-refractivity contribution in [3.05, 3.63) is 36.8 Å². The van der Waals surface area contributed by atoms with Crippen LogP contribution >= 0.6 is 0 Å². The van der Waals surface area contributed by atoms with Crippen molar-refractivity contribution >= 4 is 11.7 Å². The number of aromatic nitrogens is 3. The average Bonchev–Trinajstić information content (AvgIpc) is 2.50. The third-order valence-electron chi connectivity index (χ3n) is 1.53. The van der Waals surface area contributed by atoms with Gasteiger partial charge in [0.25, 0.3) is 0 Å². The second kappa shape index (κ2) is 2.20. The molecule has 54 valence electrons. The predicted octanol–water partition coefficient (Wildman–Crippen LogP) is 1.37. The van der Waals surface area contributed by atoms with Gasteiger partial charge in [-0.25, -0.2) is 9.50 Å². The Labute approximate surface area is 64.0 Å². The van der Waals surface area contributed by atoms with E-state index in [9.17, 15) is 0 Å². The van der Waals surface area contributed by atoms with Gasteiger partial charge in [-0.15, -0.1) is 0 Å². The Morgan fingerprint density at radius 1 is 1.45 bits per heavy atom. The lowest BCUT2D eigenvalue weighted by molar-refractivity contribution is 0.959. The van der Waals surface area contributed by atoms with Crippen molar-refractivity contribution in [1.29, 1.82) is 0 Å². The Balaban J connectivity index is 2.76. The van der Waals surface area contributed by atoms with E-state index in [4.69, 9.17) is 0 Å². The van der Waals surface area contributed by atoms with Crippen LogP contribution in [0.1, 0.15) is 5.56 Å². The predicted molar refractivity (Wildman–Crippen MR) is 43.1 cm³/mol. The van der Waals surface area contributed by atoms with Gasteiger partial charge >= 0.3 is 0 Å². The summed E-state index contributed by atoms with van der Waals surface area (Å²) < 4.78 is 1.72. The maximum atomic E-state index is 4.01. The molecule has 0 fully saturated rings. The second-order valence-corrected chi connectivity index (χ2v) is 2.23. The van der Waals surface area contributed by atoms with Crippen molar-refractivity contribution in [3.63, 3.8) is 0 Å². The van der Waals surface area contributed by atoms with E-state index in [1.165, 1.54) is 6.33 Å². The van der Waals surface area contributed by atoms with Crippen molar-refractivity contribution in [3.8, 4) is 0 Å². The highest BCUT2D eigenvalue weighted by Gasteiger charge is 1.92. The number of rotatable bonds is 1. The SMILES string of the molecule is C=Cc1ccc2ncnn2c1. The number of hydrogen-bond donors (Lipinski definition) is 0. The molecule has 0 atom stereocenters. The van der Waals surface area contributed by atoms with E-state index in [2.05, 4.69) is 16.7 Å². The van der Waals surface area contributed by atoms with Crippen LogP contribution in [0.4, 0.5) is 0 Å². The highest BCUT2D eigenvalue weighted by molar-refractivity contribution is 5.49. The Hall–Kier alpha value is -1.64. The van der Waals surface area contributed by atoms with Crippen LogP contribution in [0.3, 0.4) is 0 Å². The number of nitrogens with zero attached hydrogens (tertiary/aromatic N) is 3. The maximum Gasteiger partial charge on any atom is 0.155 e. The van der Waals surface area contributed by atoms with Crippen LogP contribution in [0.15, 0.2) is 31.2 Å². The molecule has 2 aromatic rings. The summed E-state index contributed by atoms with van der Waals surface area (Å²) in [5, 5.41) is 3.99. The van der Waals surface area contributed by atoms with Crippen molar-refractivity contribution in [2.24, 2.45) is 0 Å². The molecule has 0 radical (unpaired) electrons. The molecule has 0 aliphatic heterocycles. The molecule has 0 aliphatic rings. The summed E-state index contributed by atoms with van der Waals surface area (Å²) in [5.74, 6) is 0. The Kier molecular flexibility index (Phi) is 1.22. The van der Waals surface area contributed by atoms with E-state index < -0.39 is 0 Å². The fourth-order valence-corrected chi connectivity index (χ4v) is 0.954. The maximum absolute atomic E-state index is 4.01. The third-order valence-corrected chi connectivity index (χ3v) is 1.53. The molecule has 0 aromatic carbocycles. The van der Waals surface area contributed by atoms with Crippen molar-refractivity contribution in [2.75, 3.05) is 0 Å². The van der Waals surface area contributed by atoms with E-state index in [-0.39, 0.29) is 0 Å². The lowest BCUT2D eigenvalue weighted by Gasteiger charge is -1.92. The first-order chi connectivity index (χ1) is 5.40. The Morgan fingerprint density at radius 2 is 2.36 bits per heavy atom. The highest BCUT2D eigenvalue weighted by atomic mass is 15.3. The smallest absolute Gasteiger partial charge is 0.155 e. The molecule has 11 heavy (non-hydrogen) atoms. The first-order valence-corrected chi connectivity index (χ1v) is 3.32. The molecule has 3 nitrogen and oxygen atoms in total. The van der Waals surface area contributed by atoms with Gasteiger partial charge in [0.05, 0.1) is 0 Å². The molecular formula is C8H7N3. The van der Waals surface area contributed by atoms with Crippen molar-refractivity contribution in [2.45, 2.75) is 0 Å². The summed E-state index contributed by atoms with van der Waals surface area (Å²) in [6, 6.07) is 3.86. The Bertz CT molecular complexity index is 389. The minimum atomic E-state index is 0.857. The molecule has 2 aromatic heterocycles. The first-order valence-electron chi connectivity index (χ1n) is 3.32. The summed E-state index contributed by atoms with van der Waals surface area (Å²) in [6.07, 6.45) is 5.19. The van der Waals surface area contributed by atoms with Crippen LogP contribution in [-0.2, 0) is 0 Å². The summed E-state index contributed by atoms with van der Waals surface area (Å²) in [7, 11) is 0. The molecular weight excluding hydrogens is 138 g/mol. The van der Waals surface area contributed by atoms with Gasteiger partial charge in [-0.1, -0.05) is 12.7 Å². The number of pyridine rings is 1. The standard InChI is InChI=1S/C8H7N3/c1-2-7-3-4-8-9-6-10-11(8)5-7/h2-6H,1H2. The molecule has 0 spiro atoms. The molecule has 2 rings (SSSR count). The fraction of sp³-hybridized carbons (Fsp3) is 0. The zero-order chi connectivity index (χ0) is 7.68. The summed E-state index contributed by atoms with van der Waals surface area (Å²) in [4.78, 5) is 4.01. The molecule has 0 saturated carbocycles. The lowest BCUT2D eigenvalue weighted by Crippen LogP contribution is -1.86. The first kappa shape index (κ1) is 6.09. The van der Waals surface area contributed by atoms with Crippen LogP contribution in [0, 0.1) is 0 Å². The molecule has 3 heteroatoms. The zero-order valence-electron chi connectivity index (χ0n) is 5.94. The molecule has 0 N–H and O–H groups in total. The molecule has 0 unspecified atom stereocenters. The second-order valence-electron chi connectivity index (χ2n) is 2.23. The lowest BCUT2D eigenvalue weighted by atomic mass is 10.3. The quantitative estimate of drug-likeness (QED) is 0.606. The highest BCUT2D eigenvalue weighted by Crippen LogP contribution is 2.02. The summed E-state index contributed by atoms with van der Waals surface area (Å²) >= 11 is 0. The van der Waals surface area contributed by atoms with Gasteiger partial charge in [-0.05, 0) is 17.7 Å². The minimum Gasteiger partial charge on any atom is -0.221 e. The van der Waals surface area contributed by atoms with E-state index in [0.29, 0.717) is 0 Å². The van der Waals surface area contributed by atoms with Gasteiger partial charge in [0, 0.05) is 6.20 Å². The van der Waals surface area contributed by atoms with Gasteiger partial charge in [0.15, 0.2) is 5.65 Å². The van der Waals surface area contributed by atoms with Crippen LogP contribution < -0.4 is 0 Å². The zero-order valence-corrected chi connectivity index (χ0v) is 5.94. The van der Waals surface area contributed by atoms with Gasteiger partial charge in [0.2, 0.25) is 0 Å². The summed E-state index contributed by atoms with van der Waals surface area (Å²) in [5.41, 5.74) is 1.90. The molecule has 2 heterocycles. The minimum absolute atomic E-state index is 0.857. The van der Waals surface area contributed by atoms with Crippen molar-refractivity contribution < 1.29 is 0 Å².